The van der Waals surface area contributed by atoms with Gasteiger partial charge in [0.1, 0.15) is 5.00 Å². The van der Waals surface area contributed by atoms with E-state index in [1.165, 1.54) is 24.3 Å². The molecule has 13 heteroatoms. The highest BCUT2D eigenvalue weighted by molar-refractivity contribution is 7.56. The fourth-order valence-electron chi connectivity index (χ4n) is 1.47. The Balaban J connectivity index is 2.42. The molecule has 0 heterocycles. The maximum Gasteiger partial charge on any atom is 0.347 e. The Labute approximate surface area is 142 Å². The molecule has 2 rings (SSSR count). The Morgan fingerprint density at radius 1 is 0.840 bits per heavy atom. The molecule has 0 fully saturated rings. The van der Waals surface area contributed by atoms with Gasteiger partial charge in [0.15, 0.2) is 5.75 Å². The van der Waals surface area contributed by atoms with E-state index in [4.69, 9.17) is 27.4 Å². The van der Waals surface area contributed by atoms with Crippen LogP contribution in [0.1, 0.15) is 0 Å². The summed E-state index contributed by atoms with van der Waals surface area (Å²) in [5.74, 6) is -13.6. The molecule has 0 aliphatic heterocycles. The monoisotopic (exact) mass is 403 g/mol. The molecule has 0 unspecified atom stereocenters. The summed E-state index contributed by atoms with van der Waals surface area (Å²) in [4.78, 5) is 8.92. The molecule has 0 saturated heterocycles. The summed E-state index contributed by atoms with van der Waals surface area (Å²) in [6, 6.07) is 5.02. The molecule has 0 spiro atoms. The van der Waals surface area contributed by atoms with E-state index in [2.05, 4.69) is 4.84 Å². The zero-order chi connectivity index (χ0) is 18.9. The standard InChI is InChI=1S/C12H8ClF5N3O3P/c13-5-1-3-6(4-2-5)23-21(25(19,20)22)24-12-10(17)8(15)7(14)9(16)11(12)18/h1-4H,(H4,19,20,22). The molecule has 0 aromatic heterocycles. The molecule has 4 N–H and O–H groups in total. The SMILES string of the molecule is NP(N)(=O)N(Oc1ccc(Cl)cc1)Oc1c(F)c(F)c(F)c(F)c1F. The lowest BCUT2D eigenvalue weighted by Crippen LogP contribution is -2.35. The minimum absolute atomic E-state index is 0.163. The Hall–Kier alpha value is -1.91. The Morgan fingerprint density at radius 3 is 1.72 bits per heavy atom. The maximum absolute atomic E-state index is 13.6. The minimum Gasteiger partial charge on any atom is -0.363 e. The molecule has 0 aliphatic carbocycles. The van der Waals surface area contributed by atoms with Crippen LogP contribution >= 0.6 is 19.2 Å². The highest BCUT2D eigenvalue weighted by atomic mass is 35.5. The predicted octanol–water partition coefficient (Wildman–Crippen LogP) is 3.65. The number of nitrogens with two attached hydrogens (primary N) is 2. The zero-order valence-corrected chi connectivity index (χ0v) is 13.5. The third-order valence-electron chi connectivity index (χ3n) is 2.59. The second-order valence-electron chi connectivity index (χ2n) is 4.45. The van der Waals surface area contributed by atoms with Crippen LogP contribution in [-0.4, -0.2) is 5.00 Å². The minimum atomic E-state index is -4.52. The molecular weight excluding hydrogens is 396 g/mol. The molecule has 0 saturated carbocycles. The van der Waals surface area contributed by atoms with Crippen molar-refractivity contribution < 1.29 is 36.2 Å². The van der Waals surface area contributed by atoms with Crippen LogP contribution in [0.25, 0.3) is 0 Å². The van der Waals surface area contributed by atoms with Crippen molar-refractivity contribution in [3.8, 4) is 11.5 Å². The van der Waals surface area contributed by atoms with E-state index in [1.54, 1.807) is 0 Å². The van der Waals surface area contributed by atoms with Crippen molar-refractivity contribution in [3.05, 3.63) is 58.4 Å². The highest BCUT2D eigenvalue weighted by Gasteiger charge is 2.34. The Morgan fingerprint density at radius 2 is 1.28 bits per heavy atom. The van der Waals surface area contributed by atoms with Crippen molar-refractivity contribution in [1.82, 2.24) is 5.00 Å². The summed E-state index contributed by atoms with van der Waals surface area (Å²) in [6.07, 6.45) is 0. The first kappa shape index (κ1) is 19.4. The van der Waals surface area contributed by atoms with Crippen molar-refractivity contribution in [1.29, 1.82) is 0 Å². The summed E-state index contributed by atoms with van der Waals surface area (Å²) in [6.45, 7) is 0. The quantitative estimate of drug-likeness (QED) is 0.260. The molecule has 2 aromatic rings. The summed E-state index contributed by atoms with van der Waals surface area (Å²) in [5, 5.41) is 0.281. The van der Waals surface area contributed by atoms with Crippen molar-refractivity contribution in [3.63, 3.8) is 0 Å². The third-order valence-corrected chi connectivity index (χ3v) is 3.52. The first-order valence-electron chi connectivity index (χ1n) is 6.13. The van der Waals surface area contributed by atoms with Crippen molar-refractivity contribution >= 4 is 19.2 Å². The van der Waals surface area contributed by atoms with Gasteiger partial charge in [-0.25, -0.2) is 13.2 Å². The van der Waals surface area contributed by atoms with E-state index in [9.17, 15) is 26.5 Å². The van der Waals surface area contributed by atoms with E-state index in [0.29, 0.717) is 0 Å². The van der Waals surface area contributed by atoms with Gasteiger partial charge in [-0.2, -0.15) is 8.78 Å². The first-order chi connectivity index (χ1) is 11.5. The molecule has 0 bridgehead atoms. The van der Waals surface area contributed by atoms with Gasteiger partial charge in [0.2, 0.25) is 34.8 Å². The first-order valence-corrected chi connectivity index (χ1v) is 8.30. The van der Waals surface area contributed by atoms with Gasteiger partial charge in [0.25, 0.3) is 0 Å². The van der Waals surface area contributed by atoms with E-state index in [-0.39, 0.29) is 15.8 Å². The molecule has 0 atom stereocenters. The molecular formula is C12H8ClF5N3O3P. The van der Waals surface area contributed by atoms with E-state index >= 15 is 0 Å². The lowest BCUT2D eigenvalue weighted by atomic mass is 10.3. The summed E-state index contributed by atoms with van der Waals surface area (Å²) in [5.41, 5.74) is 10.2. The van der Waals surface area contributed by atoms with Crippen molar-refractivity contribution in [2.24, 2.45) is 11.0 Å². The van der Waals surface area contributed by atoms with Crippen LogP contribution in [0.4, 0.5) is 22.0 Å². The second kappa shape index (κ2) is 7.14. The Kier molecular flexibility index (Phi) is 5.55. The van der Waals surface area contributed by atoms with Crippen LogP contribution in [0, 0.1) is 29.1 Å². The van der Waals surface area contributed by atoms with Gasteiger partial charge in [-0.1, -0.05) is 11.6 Å². The number of hydrogen-bond donors (Lipinski definition) is 2. The number of hydrogen-bond acceptors (Lipinski definition) is 3. The average Bonchev–Trinajstić information content (AvgIpc) is 2.55. The van der Waals surface area contributed by atoms with Gasteiger partial charge in [0, 0.05) is 5.02 Å². The van der Waals surface area contributed by atoms with E-state index < -0.39 is 42.4 Å². The number of nitrogens with zero attached hydrogens (tertiary/aromatic N) is 1. The second-order valence-corrected chi connectivity index (χ2v) is 6.55. The smallest absolute Gasteiger partial charge is 0.347 e. The summed E-state index contributed by atoms with van der Waals surface area (Å²) in [7, 11) is -4.52. The Bertz CT molecular complexity index is 820. The van der Waals surface area contributed by atoms with Gasteiger partial charge >= 0.3 is 7.59 Å². The van der Waals surface area contributed by atoms with Gasteiger partial charge in [-0.3, -0.25) is 15.6 Å². The summed E-state index contributed by atoms with van der Waals surface area (Å²) < 4.78 is 78.4. The van der Waals surface area contributed by atoms with Crippen LogP contribution in [-0.2, 0) is 4.57 Å². The maximum atomic E-state index is 13.6. The van der Waals surface area contributed by atoms with Crippen LogP contribution in [0.15, 0.2) is 24.3 Å². The van der Waals surface area contributed by atoms with Crippen molar-refractivity contribution in [2.75, 3.05) is 0 Å². The zero-order valence-electron chi connectivity index (χ0n) is 11.9. The molecule has 0 radical (unpaired) electrons. The fraction of sp³-hybridized carbons (Fsp3) is 0. The molecule has 0 aliphatic rings. The summed E-state index contributed by atoms with van der Waals surface area (Å²) >= 11 is 5.64. The number of rotatable bonds is 5. The molecule has 0 amide bonds. The van der Waals surface area contributed by atoms with Crippen LogP contribution in [0.5, 0.6) is 11.5 Å². The van der Waals surface area contributed by atoms with Crippen LogP contribution in [0.2, 0.25) is 5.02 Å². The van der Waals surface area contributed by atoms with Crippen LogP contribution in [0.3, 0.4) is 0 Å². The van der Waals surface area contributed by atoms with Gasteiger partial charge in [0.05, 0.1) is 0 Å². The van der Waals surface area contributed by atoms with E-state index in [1.807, 2.05) is 0 Å². The lowest BCUT2D eigenvalue weighted by molar-refractivity contribution is -0.182. The topological polar surface area (TPSA) is 90.8 Å². The van der Waals surface area contributed by atoms with Gasteiger partial charge in [-0.05, 0) is 24.3 Å². The lowest BCUT2D eigenvalue weighted by Gasteiger charge is -2.24. The highest BCUT2D eigenvalue weighted by Crippen LogP contribution is 2.37. The number of benzene rings is 2. The molecule has 25 heavy (non-hydrogen) atoms. The van der Waals surface area contributed by atoms with Crippen molar-refractivity contribution in [2.45, 2.75) is 0 Å². The molecule has 6 nitrogen and oxygen atoms in total. The third kappa shape index (κ3) is 4.20. The predicted molar refractivity (Wildman–Crippen MR) is 76.8 cm³/mol. The largest absolute Gasteiger partial charge is 0.363 e. The van der Waals surface area contributed by atoms with E-state index in [0.717, 1.165) is 0 Å². The average molecular weight is 404 g/mol. The van der Waals surface area contributed by atoms with Gasteiger partial charge < -0.3 is 9.68 Å². The molecule has 2 aromatic carbocycles. The van der Waals surface area contributed by atoms with Gasteiger partial charge in [-0.15, -0.1) is 0 Å². The molecule has 136 valence electrons. The fourth-order valence-corrected chi connectivity index (χ4v) is 2.03. The normalized spacial score (nSPS) is 11.7. The number of halogens is 6. The van der Waals surface area contributed by atoms with Crippen LogP contribution < -0.4 is 20.7 Å².